The molecule has 0 atom stereocenters. The van der Waals surface area contributed by atoms with Gasteiger partial charge in [0.15, 0.2) is 11.6 Å². The van der Waals surface area contributed by atoms with E-state index >= 15 is 0 Å². The highest BCUT2D eigenvalue weighted by Gasteiger charge is 2.42. The number of para-hydroxylation sites is 1. The van der Waals surface area contributed by atoms with Gasteiger partial charge in [-0.15, -0.1) is 0 Å². The van der Waals surface area contributed by atoms with E-state index in [2.05, 4.69) is 71.4 Å². The Morgan fingerprint density at radius 2 is 1.36 bits per heavy atom. The van der Waals surface area contributed by atoms with Crippen LogP contribution in [0, 0.1) is 0 Å². The molecule has 0 amide bonds. The molecule has 0 spiro atoms. The van der Waals surface area contributed by atoms with E-state index in [1.807, 2.05) is 6.07 Å². The van der Waals surface area contributed by atoms with E-state index in [0.717, 1.165) is 53.7 Å². The summed E-state index contributed by atoms with van der Waals surface area (Å²) in [6.45, 7) is 0.713. The minimum Gasteiger partial charge on any atom is -0.465 e. The molecular weight excluding hydrogens is 446 g/mol. The van der Waals surface area contributed by atoms with Gasteiger partial charge >= 0.3 is 0 Å². The van der Waals surface area contributed by atoms with Gasteiger partial charge in [0, 0.05) is 66.4 Å². The van der Waals surface area contributed by atoms with Crippen LogP contribution in [0.2, 0.25) is 0 Å². The summed E-state index contributed by atoms with van der Waals surface area (Å²) in [6.07, 6.45) is 6.36. The van der Waals surface area contributed by atoms with E-state index in [1.54, 1.807) is 0 Å². The zero-order valence-electron chi connectivity index (χ0n) is 20.1. The largest absolute Gasteiger partial charge is 0.465 e. The minimum absolute atomic E-state index is 0.122. The van der Waals surface area contributed by atoms with Crippen molar-refractivity contribution in [2.24, 2.45) is 0 Å². The van der Waals surface area contributed by atoms with Gasteiger partial charge in [0.25, 0.3) is 0 Å². The smallest absolute Gasteiger partial charge is 0.163 e. The van der Waals surface area contributed by atoms with Gasteiger partial charge in [-0.2, -0.15) is 0 Å². The predicted octanol–water partition coefficient (Wildman–Crippen LogP) is 6.97. The van der Waals surface area contributed by atoms with Crippen molar-refractivity contribution in [3.8, 4) is 0 Å². The van der Waals surface area contributed by atoms with Crippen molar-refractivity contribution < 1.29 is 14.3 Å². The van der Waals surface area contributed by atoms with E-state index < -0.39 is 0 Å². The lowest BCUT2D eigenvalue weighted by molar-refractivity contribution is -0.117. The number of carbonyl (C=O) groups is 2. The predicted molar refractivity (Wildman–Crippen MR) is 141 cm³/mol. The zero-order valence-corrected chi connectivity index (χ0v) is 20.1. The summed E-state index contributed by atoms with van der Waals surface area (Å²) in [5.41, 5.74) is 4.82. The van der Waals surface area contributed by atoms with Crippen LogP contribution in [-0.2, 0) is 20.9 Å². The highest BCUT2D eigenvalue weighted by Crippen LogP contribution is 2.49. The molecule has 0 bridgehead atoms. The zero-order chi connectivity index (χ0) is 24.2. The Morgan fingerprint density at radius 1 is 0.722 bits per heavy atom. The van der Waals surface area contributed by atoms with Gasteiger partial charge in [0.05, 0.1) is 0 Å². The number of allylic oxidation sites excluding steroid dienone is 4. The van der Waals surface area contributed by atoms with Crippen LogP contribution in [0.3, 0.4) is 0 Å². The van der Waals surface area contributed by atoms with Crippen molar-refractivity contribution in [1.29, 1.82) is 0 Å². The van der Waals surface area contributed by atoms with Crippen LogP contribution >= 0.6 is 0 Å². The van der Waals surface area contributed by atoms with Gasteiger partial charge in [-0.1, -0.05) is 60.7 Å². The molecule has 3 aromatic carbocycles. The molecule has 1 aromatic heterocycles. The first kappa shape index (κ1) is 21.4. The van der Waals surface area contributed by atoms with Crippen LogP contribution < -0.4 is 0 Å². The number of hydrogen-bond acceptors (Lipinski definition) is 3. The Hall–Kier alpha value is -3.92. The van der Waals surface area contributed by atoms with Crippen LogP contribution in [0.4, 0.5) is 0 Å². The molecule has 178 valence electrons. The number of hydrogen-bond donors (Lipinski definition) is 0. The summed E-state index contributed by atoms with van der Waals surface area (Å²) < 4.78 is 8.54. The Balaban J connectivity index is 1.43. The number of fused-ring (bicyclic) bond motifs is 2. The lowest BCUT2D eigenvalue weighted by Gasteiger charge is -2.35. The van der Waals surface area contributed by atoms with Crippen molar-refractivity contribution >= 4 is 33.2 Å². The number of carbonyl (C=O) groups excluding carboxylic acids is 2. The first-order valence-corrected chi connectivity index (χ1v) is 12.9. The van der Waals surface area contributed by atoms with Crippen LogP contribution in [0.15, 0.2) is 95.6 Å². The van der Waals surface area contributed by atoms with Crippen molar-refractivity contribution in [2.75, 3.05) is 0 Å². The molecule has 36 heavy (non-hydrogen) atoms. The van der Waals surface area contributed by atoms with Gasteiger partial charge in [-0.05, 0) is 40.8 Å². The number of ketones is 2. The fourth-order valence-corrected chi connectivity index (χ4v) is 6.38. The number of nitrogens with zero attached hydrogens (tertiary/aromatic N) is 1. The Kier molecular flexibility index (Phi) is 4.95. The third-order valence-electron chi connectivity index (χ3n) is 7.99. The van der Waals surface area contributed by atoms with E-state index in [4.69, 9.17) is 4.74 Å². The summed E-state index contributed by atoms with van der Waals surface area (Å²) in [7, 11) is 0. The maximum absolute atomic E-state index is 13.3. The summed E-state index contributed by atoms with van der Waals surface area (Å²) in [5, 5.41) is 3.56. The molecule has 1 aliphatic heterocycles. The molecule has 0 radical (unpaired) electrons. The first-order chi connectivity index (χ1) is 17.7. The van der Waals surface area contributed by atoms with Gasteiger partial charge in [-0.3, -0.25) is 9.59 Å². The molecule has 4 nitrogen and oxygen atoms in total. The molecule has 7 rings (SSSR count). The number of benzene rings is 3. The molecule has 0 fully saturated rings. The summed E-state index contributed by atoms with van der Waals surface area (Å²) >= 11 is 0. The molecule has 2 heterocycles. The normalized spacial score (nSPS) is 18.6. The molecule has 3 aliphatic rings. The second-order valence-electron chi connectivity index (χ2n) is 10.1. The molecule has 0 N–H and O–H groups in total. The highest BCUT2D eigenvalue weighted by molar-refractivity contribution is 6.07. The van der Waals surface area contributed by atoms with E-state index in [9.17, 15) is 9.59 Å². The van der Waals surface area contributed by atoms with Gasteiger partial charge in [0.1, 0.15) is 11.5 Å². The number of Topliss-reactive ketones (excluding diaryl/α,β-unsaturated/α-hetero) is 2. The lowest BCUT2D eigenvalue weighted by atomic mass is 9.73. The third kappa shape index (κ3) is 3.28. The maximum atomic E-state index is 13.3. The van der Waals surface area contributed by atoms with E-state index in [1.165, 1.54) is 16.3 Å². The van der Waals surface area contributed by atoms with Crippen LogP contribution in [-0.4, -0.2) is 16.1 Å². The molecule has 0 saturated heterocycles. The van der Waals surface area contributed by atoms with Crippen LogP contribution in [0.1, 0.15) is 55.6 Å². The van der Waals surface area contributed by atoms with Crippen LogP contribution in [0.25, 0.3) is 21.7 Å². The average molecular weight is 474 g/mol. The molecule has 0 unspecified atom stereocenters. The molecule has 0 saturated carbocycles. The van der Waals surface area contributed by atoms with E-state index in [0.29, 0.717) is 30.5 Å². The molecular formula is C32H27NO3. The average Bonchev–Trinajstić information content (AvgIpc) is 3.26. The minimum atomic E-state index is -0.344. The number of rotatable bonds is 3. The lowest BCUT2D eigenvalue weighted by Crippen LogP contribution is -2.30. The van der Waals surface area contributed by atoms with Crippen LogP contribution in [0.5, 0.6) is 0 Å². The standard InChI is InChI=1S/C32H27NO3/c34-26-14-6-16-28-31(26)30(32-27(35)15-7-17-29(32)36-28)24-19-33(25-13-4-3-12-23(24)25)18-21-10-5-9-20-8-1-2-11-22(20)21/h1-5,8-13,19,30H,6-7,14-18H2. The van der Waals surface area contributed by atoms with Gasteiger partial charge < -0.3 is 9.30 Å². The van der Waals surface area contributed by atoms with Gasteiger partial charge in [-0.25, -0.2) is 0 Å². The second-order valence-corrected chi connectivity index (χ2v) is 10.1. The first-order valence-electron chi connectivity index (χ1n) is 12.9. The van der Waals surface area contributed by atoms with Crippen molar-refractivity contribution in [3.63, 3.8) is 0 Å². The number of aromatic nitrogens is 1. The van der Waals surface area contributed by atoms with Crippen molar-refractivity contribution in [1.82, 2.24) is 4.57 Å². The Bertz CT molecular complexity index is 1590. The van der Waals surface area contributed by atoms with Crippen molar-refractivity contribution in [3.05, 3.63) is 107 Å². The summed E-state index contributed by atoms with van der Waals surface area (Å²) in [6, 6.07) is 23.3. The SMILES string of the molecule is O=C1CCCC2=C1C(c1cn(Cc3cccc4ccccc34)c3ccccc13)C1=C(CCCC1=O)O2. The molecule has 2 aliphatic carbocycles. The Morgan fingerprint density at radius 3 is 2.11 bits per heavy atom. The number of ether oxygens (including phenoxy) is 1. The molecule has 4 aromatic rings. The topological polar surface area (TPSA) is 48.3 Å². The monoisotopic (exact) mass is 473 g/mol. The maximum Gasteiger partial charge on any atom is 0.163 e. The summed E-state index contributed by atoms with van der Waals surface area (Å²) in [5.74, 6) is 1.48. The quantitative estimate of drug-likeness (QED) is 0.323. The second kappa shape index (κ2) is 8.34. The Labute approximate surface area is 209 Å². The highest BCUT2D eigenvalue weighted by atomic mass is 16.5. The fourth-order valence-electron chi connectivity index (χ4n) is 6.38. The van der Waals surface area contributed by atoms with Gasteiger partial charge in [0.2, 0.25) is 0 Å². The third-order valence-corrected chi connectivity index (χ3v) is 7.99. The molecule has 4 heteroatoms. The van der Waals surface area contributed by atoms with E-state index in [-0.39, 0.29) is 17.5 Å². The fraction of sp³-hybridized carbons (Fsp3) is 0.250. The van der Waals surface area contributed by atoms with Crippen molar-refractivity contribution in [2.45, 2.75) is 51.0 Å². The summed E-state index contributed by atoms with van der Waals surface area (Å²) in [4.78, 5) is 26.6.